The molecule has 0 unspecified atom stereocenters. The highest BCUT2D eigenvalue weighted by molar-refractivity contribution is 5.85. The Balaban J connectivity index is 0.000000686. The predicted octanol–water partition coefficient (Wildman–Crippen LogP) is 2.73. The van der Waals surface area contributed by atoms with Crippen LogP contribution in [0.3, 0.4) is 0 Å². The number of pyridine rings is 2. The summed E-state index contributed by atoms with van der Waals surface area (Å²) in [4.78, 5) is 8.33. The van der Waals surface area contributed by atoms with E-state index in [1.807, 2.05) is 27.7 Å². The maximum atomic E-state index is 8.98. The first kappa shape index (κ1) is 12.9. The summed E-state index contributed by atoms with van der Waals surface area (Å²) in [7, 11) is 0. The van der Waals surface area contributed by atoms with Gasteiger partial charge in [-0.2, -0.15) is 5.26 Å². The fraction of sp³-hybridized carbons (Fsp3) is 0.308. The molecule has 2 rings (SSSR count). The first-order valence-electron chi connectivity index (χ1n) is 5.56. The summed E-state index contributed by atoms with van der Waals surface area (Å²) >= 11 is 0. The maximum Gasteiger partial charge on any atom is 0.125 e. The van der Waals surface area contributed by atoms with E-state index in [0.717, 1.165) is 22.2 Å². The van der Waals surface area contributed by atoms with Gasteiger partial charge in [0.05, 0.1) is 16.8 Å². The van der Waals surface area contributed by atoms with Gasteiger partial charge in [-0.3, -0.25) is 4.98 Å². The first-order chi connectivity index (χ1) is 8.13. The number of nitrogen functional groups attached to an aromatic ring is 1. The molecule has 0 fully saturated rings. The molecule has 0 saturated carbocycles. The van der Waals surface area contributed by atoms with Gasteiger partial charge in [0, 0.05) is 17.6 Å². The summed E-state index contributed by atoms with van der Waals surface area (Å²) in [6.07, 6.45) is 1.66. The molecule has 2 heterocycles. The number of hydrogen-bond acceptors (Lipinski definition) is 4. The highest BCUT2D eigenvalue weighted by Gasteiger charge is 2.08. The third-order valence-electron chi connectivity index (χ3n) is 2.44. The number of anilines is 1. The molecule has 0 aliphatic heterocycles. The lowest BCUT2D eigenvalue weighted by Gasteiger charge is -2.06. The highest BCUT2D eigenvalue weighted by Crippen LogP contribution is 2.22. The Hall–Kier alpha value is -2.15. The second-order valence-corrected chi connectivity index (χ2v) is 3.44. The lowest BCUT2D eigenvalue weighted by Crippen LogP contribution is -1.97. The summed E-state index contributed by atoms with van der Waals surface area (Å²) < 4.78 is 0. The molecule has 88 valence electrons. The quantitative estimate of drug-likeness (QED) is 0.752. The Morgan fingerprint density at radius 2 is 1.94 bits per heavy atom. The molecule has 2 N–H and O–H groups in total. The Labute approximate surface area is 101 Å². The lowest BCUT2D eigenvalue weighted by molar-refractivity contribution is 1.19. The topological polar surface area (TPSA) is 75.6 Å². The number of nitrogens with zero attached hydrogens (tertiary/aromatic N) is 3. The SMILES string of the molecule is CC.Cc1nc2cc(N)ncc2c(C)c1C#N. The van der Waals surface area contributed by atoms with Crippen molar-refractivity contribution in [3.05, 3.63) is 29.1 Å². The molecule has 0 atom stereocenters. The molecule has 0 spiro atoms. The molecule has 0 amide bonds. The number of fused-ring (bicyclic) bond motifs is 1. The number of aromatic nitrogens is 2. The van der Waals surface area contributed by atoms with Gasteiger partial charge in [0.25, 0.3) is 0 Å². The van der Waals surface area contributed by atoms with Crippen molar-refractivity contribution in [1.29, 1.82) is 5.26 Å². The average molecular weight is 228 g/mol. The van der Waals surface area contributed by atoms with Gasteiger partial charge < -0.3 is 5.73 Å². The van der Waals surface area contributed by atoms with E-state index < -0.39 is 0 Å². The fourth-order valence-electron chi connectivity index (χ4n) is 1.65. The number of rotatable bonds is 0. The van der Waals surface area contributed by atoms with Crippen molar-refractivity contribution in [2.45, 2.75) is 27.7 Å². The minimum Gasteiger partial charge on any atom is -0.384 e. The Bertz CT molecular complexity index is 582. The molecule has 0 aliphatic rings. The van der Waals surface area contributed by atoms with Crippen LogP contribution < -0.4 is 5.73 Å². The fourth-order valence-corrected chi connectivity index (χ4v) is 1.65. The first-order valence-corrected chi connectivity index (χ1v) is 5.56. The average Bonchev–Trinajstić information content (AvgIpc) is 2.31. The number of aryl methyl sites for hydroxylation is 2. The van der Waals surface area contributed by atoms with Crippen LogP contribution >= 0.6 is 0 Å². The minimum atomic E-state index is 0.443. The van der Waals surface area contributed by atoms with Crippen LogP contribution in [0.2, 0.25) is 0 Å². The van der Waals surface area contributed by atoms with Crippen molar-refractivity contribution < 1.29 is 0 Å². The van der Waals surface area contributed by atoms with Gasteiger partial charge in [0.15, 0.2) is 0 Å². The summed E-state index contributed by atoms with van der Waals surface area (Å²) in [6, 6.07) is 3.87. The molecule has 17 heavy (non-hydrogen) atoms. The van der Waals surface area contributed by atoms with Crippen molar-refractivity contribution in [2.24, 2.45) is 0 Å². The molecule has 2 aromatic rings. The van der Waals surface area contributed by atoms with Crippen LogP contribution in [0.1, 0.15) is 30.7 Å². The van der Waals surface area contributed by atoms with Gasteiger partial charge in [-0.15, -0.1) is 0 Å². The molecule has 0 aromatic carbocycles. The second-order valence-electron chi connectivity index (χ2n) is 3.44. The third kappa shape index (κ3) is 2.34. The van der Waals surface area contributed by atoms with E-state index in [1.54, 1.807) is 12.3 Å². The molecule has 0 bridgehead atoms. The molecular weight excluding hydrogens is 212 g/mol. The van der Waals surface area contributed by atoms with Crippen molar-refractivity contribution in [3.8, 4) is 6.07 Å². The van der Waals surface area contributed by atoms with Crippen molar-refractivity contribution in [3.63, 3.8) is 0 Å². The van der Waals surface area contributed by atoms with E-state index in [9.17, 15) is 0 Å². The molecule has 2 aromatic heterocycles. The van der Waals surface area contributed by atoms with E-state index in [-0.39, 0.29) is 0 Å². The van der Waals surface area contributed by atoms with Crippen LogP contribution in [0.5, 0.6) is 0 Å². The van der Waals surface area contributed by atoms with Gasteiger partial charge >= 0.3 is 0 Å². The summed E-state index contributed by atoms with van der Waals surface area (Å²) in [5.74, 6) is 0.443. The van der Waals surface area contributed by atoms with Crippen LogP contribution in [0, 0.1) is 25.2 Å². The Morgan fingerprint density at radius 1 is 1.29 bits per heavy atom. The van der Waals surface area contributed by atoms with E-state index in [2.05, 4.69) is 16.0 Å². The molecule has 0 saturated heterocycles. The van der Waals surface area contributed by atoms with Gasteiger partial charge in [-0.25, -0.2) is 4.98 Å². The van der Waals surface area contributed by atoms with Gasteiger partial charge in [0.1, 0.15) is 11.9 Å². The molecular formula is C13H16N4. The van der Waals surface area contributed by atoms with Gasteiger partial charge in [-0.1, -0.05) is 13.8 Å². The van der Waals surface area contributed by atoms with Crippen LogP contribution in [-0.4, -0.2) is 9.97 Å². The zero-order valence-corrected chi connectivity index (χ0v) is 10.6. The predicted molar refractivity (Wildman–Crippen MR) is 69.5 cm³/mol. The van der Waals surface area contributed by atoms with Gasteiger partial charge in [-0.05, 0) is 19.4 Å². The zero-order chi connectivity index (χ0) is 13.0. The molecule has 4 nitrogen and oxygen atoms in total. The number of nitrogens with two attached hydrogens (primary N) is 1. The van der Waals surface area contributed by atoms with Crippen molar-refractivity contribution >= 4 is 16.7 Å². The molecule has 4 heteroatoms. The van der Waals surface area contributed by atoms with E-state index in [4.69, 9.17) is 11.0 Å². The summed E-state index contributed by atoms with van der Waals surface area (Å²) in [5, 5.41) is 9.86. The van der Waals surface area contributed by atoms with Crippen LogP contribution in [0.15, 0.2) is 12.3 Å². The Kier molecular flexibility index (Phi) is 4.00. The molecule has 0 aliphatic carbocycles. The van der Waals surface area contributed by atoms with Crippen LogP contribution in [0.25, 0.3) is 10.9 Å². The summed E-state index contributed by atoms with van der Waals surface area (Å²) in [6.45, 7) is 7.72. The monoisotopic (exact) mass is 228 g/mol. The van der Waals surface area contributed by atoms with Crippen molar-refractivity contribution in [1.82, 2.24) is 9.97 Å². The smallest absolute Gasteiger partial charge is 0.125 e. The minimum absolute atomic E-state index is 0.443. The maximum absolute atomic E-state index is 8.98. The largest absolute Gasteiger partial charge is 0.384 e. The van der Waals surface area contributed by atoms with E-state index in [0.29, 0.717) is 11.4 Å². The zero-order valence-electron chi connectivity index (χ0n) is 10.6. The number of nitriles is 1. The third-order valence-corrected chi connectivity index (χ3v) is 2.44. The van der Waals surface area contributed by atoms with Crippen molar-refractivity contribution in [2.75, 3.05) is 5.73 Å². The molecule has 0 radical (unpaired) electrons. The highest BCUT2D eigenvalue weighted by atomic mass is 14.8. The summed E-state index contributed by atoms with van der Waals surface area (Å²) in [5.41, 5.74) is 8.63. The lowest BCUT2D eigenvalue weighted by atomic mass is 10.0. The Morgan fingerprint density at radius 3 is 2.53 bits per heavy atom. The second kappa shape index (κ2) is 5.26. The van der Waals surface area contributed by atoms with E-state index in [1.165, 1.54) is 0 Å². The van der Waals surface area contributed by atoms with Crippen LogP contribution in [0.4, 0.5) is 5.82 Å². The van der Waals surface area contributed by atoms with E-state index >= 15 is 0 Å². The standard InChI is InChI=1S/C11H10N4.C2H6/c1-6-8(4-12)7(2)15-10-3-11(13)14-5-9(6)10;1-2/h3,5H,1-2H3,(H2,13,14);1-2H3. The number of hydrogen-bond donors (Lipinski definition) is 1. The van der Waals surface area contributed by atoms with Gasteiger partial charge in [0.2, 0.25) is 0 Å². The normalized spacial score (nSPS) is 9.35. The van der Waals surface area contributed by atoms with Crippen LogP contribution in [-0.2, 0) is 0 Å².